The summed E-state index contributed by atoms with van der Waals surface area (Å²) in [5, 5.41) is 11.8. The maximum atomic E-state index is 10.9. The molecule has 0 aliphatic carbocycles. The van der Waals surface area contributed by atoms with Crippen molar-refractivity contribution in [1.82, 2.24) is 9.55 Å². The van der Waals surface area contributed by atoms with Crippen LogP contribution in [0.5, 0.6) is 0 Å². The highest BCUT2D eigenvalue weighted by Gasteiger charge is 2.39. The van der Waals surface area contributed by atoms with Crippen molar-refractivity contribution in [1.29, 1.82) is 0 Å². The van der Waals surface area contributed by atoms with Crippen molar-refractivity contribution in [3.63, 3.8) is 0 Å². The zero-order valence-electron chi connectivity index (χ0n) is 19.4. The average Bonchev–Trinajstić information content (AvgIpc) is 3.38. The molecule has 4 aromatic carbocycles. The van der Waals surface area contributed by atoms with E-state index in [2.05, 4.69) is 82.3 Å². The minimum absolute atomic E-state index is 0.412. The quantitative estimate of drug-likeness (QED) is 0.227. The molecule has 1 aromatic heterocycles. The lowest BCUT2D eigenvalue weighted by molar-refractivity contribution is 0.229. The minimum atomic E-state index is -0.917. The lowest BCUT2D eigenvalue weighted by Crippen LogP contribution is -2.38. The van der Waals surface area contributed by atoms with Gasteiger partial charge in [-0.2, -0.15) is 0 Å². The molecule has 5 aromatic rings. The fourth-order valence-electron chi connectivity index (χ4n) is 4.70. The Morgan fingerprint density at radius 3 is 1.78 bits per heavy atom. The average molecular weight is 511 g/mol. The first-order valence-electron chi connectivity index (χ1n) is 11.6. The molecule has 1 atom stereocenters. The second kappa shape index (κ2) is 10.5. The van der Waals surface area contributed by atoms with Crippen LogP contribution in [-0.2, 0) is 5.54 Å². The third-order valence-electron chi connectivity index (χ3n) is 6.31. The zero-order valence-corrected chi connectivity index (χ0v) is 20.9. The van der Waals surface area contributed by atoms with Crippen molar-refractivity contribution in [3.8, 4) is 0 Å². The molecule has 1 N–H and O–H groups in total. The Morgan fingerprint density at radius 1 is 0.750 bits per heavy atom. The van der Waals surface area contributed by atoms with Crippen LogP contribution < -0.4 is 0 Å². The normalized spacial score (nSPS) is 12.6. The van der Waals surface area contributed by atoms with Gasteiger partial charge in [-0.15, -0.1) is 0 Å². The van der Waals surface area contributed by atoms with Gasteiger partial charge in [-0.05, 0) is 41.0 Å². The molecule has 1 heterocycles. The van der Waals surface area contributed by atoms with Gasteiger partial charge >= 0.3 is 0 Å². The standard InChI is InChI=1S/C31H24Cl2N2O/c32-26-16-17-27(28(33)22-26)29(36)18-19-30-34-20-21-35(30)31(23-10-4-1-5-11-23,24-12-6-2-7-13-24)25-14-8-3-9-15-25/h1-22,29,36H/b19-18-. The number of imidazole rings is 1. The third kappa shape index (κ3) is 4.49. The number of halogens is 2. The van der Waals surface area contributed by atoms with Gasteiger partial charge in [0, 0.05) is 28.0 Å². The minimum Gasteiger partial charge on any atom is -0.384 e. The number of aliphatic hydroxyl groups is 1. The molecular formula is C31H24Cl2N2O. The number of nitrogens with zero attached hydrogens (tertiary/aromatic N) is 2. The van der Waals surface area contributed by atoms with E-state index < -0.39 is 11.6 Å². The van der Waals surface area contributed by atoms with Crippen molar-refractivity contribution in [3.05, 3.63) is 166 Å². The van der Waals surface area contributed by atoms with Gasteiger partial charge in [0.1, 0.15) is 11.4 Å². The molecule has 0 amide bonds. The lowest BCUT2D eigenvalue weighted by atomic mass is 9.76. The van der Waals surface area contributed by atoms with Crippen molar-refractivity contribution < 1.29 is 5.11 Å². The fourth-order valence-corrected chi connectivity index (χ4v) is 5.22. The monoisotopic (exact) mass is 510 g/mol. The van der Waals surface area contributed by atoms with E-state index >= 15 is 0 Å². The van der Waals surface area contributed by atoms with Crippen molar-refractivity contribution in [2.45, 2.75) is 11.6 Å². The van der Waals surface area contributed by atoms with E-state index in [1.54, 1.807) is 30.5 Å². The van der Waals surface area contributed by atoms with Crippen LogP contribution in [0.2, 0.25) is 10.0 Å². The molecule has 0 saturated heterocycles. The van der Waals surface area contributed by atoms with Crippen molar-refractivity contribution in [2.24, 2.45) is 0 Å². The Bertz CT molecular complexity index is 1370. The molecule has 36 heavy (non-hydrogen) atoms. The SMILES string of the molecule is OC(/C=C\c1nccn1C(c1ccccc1)(c1ccccc1)c1ccccc1)c1ccc(Cl)cc1Cl. The van der Waals surface area contributed by atoms with E-state index in [9.17, 15) is 5.11 Å². The molecule has 3 nitrogen and oxygen atoms in total. The summed E-state index contributed by atoms with van der Waals surface area (Å²) in [4.78, 5) is 4.67. The smallest absolute Gasteiger partial charge is 0.133 e. The number of aromatic nitrogens is 2. The molecule has 0 saturated carbocycles. The Kier molecular flexibility index (Phi) is 7.06. The Morgan fingerprint density at radius 2 is 1.28 bits per heavy atom. The molecule has 0 bridgehead atoms. The van der Waals surface area contributed by atoms with Crippen LogP contribution in [0, 0.1) is 0 Å². The highest BCUT2D eigenvalue weighted by Crippen LogP contribution is 2.41. The first-order chi connectivity index (χ1) is 17.6. The molecule has 0 spiro atoms. The van der Waals surface area contributed by atoms with Crippen LogP contribution in [0.3, 0.4) is 0 Å². The summed E-state index contributed by atoms with van der Waals surface area (Å²) in [5.74, 6) is 0.690. The highest BCUT2D eigenvalue weighted by molar-refractivity contribution is 6.35. The van der Waals surface area contributed by atoms with Crippen LogP contribution in [0.1, 0.15) is 34.2 Å². The van der Waals surface area contributed by atoms with Gasteiger partial charge in [0.05, 0.1) is 6.10 Å². The van der Waals surface area contributed by atoms with Gasteiger partial charge in [-0.3, -0.25) is 0 Å². The Labute approximate surface area is 220 Å². The summed E-state index contributed by atoms with van der Waals surface area (Å²) in [6, 6.07) is 36.2. The first kappa shape index (κ1) is 24.1. The van der Waals surface area contributed by atoms with E-state index in [1.165, 1.54) is 0 Å². The number of rotatable bonds is 7. The number of hydrogen-bond acceptors (Lipinski definition) is 2. The molecule has 0 radical (unpaired) electrons. The maximum absolute atomic E-state index is 10.9. The summed E-state index contributed by atoms with van der Waals surface area (Å²) < 4.78 is 2.15. The van der Waals surface area contributed by atoms with E-state index in [0.29, 0.717) is 21.4 Å². The van der Waals surface area contributed by atoms with Gasteiger partial charge in [0.25, 0.3) is 0 Å². The molecule has 5 heteroatoms. The predicted octanol–water partition coefficient (Wildman–Crippen LogP) is 7.78. The molecule has 1 unspecified atom stereocenters. The van der Waals surface area contributed by atoms with E-state index in [-0.39, 0.29) is 0 Å². The number of benzene rings is 4. The summed E-state index contributed by atoms with van der Waals surface area (Å²) in [7, 11) is 0. The van der Waals surface area contributed by atoms with Gasteiger partial charge < -0.3 is 9.67 Å². The van der Waals surface area contributed by atoms with E-state index in [1.807, 2.05) is 30.5 Å². The fraction of sp³-hybridized carbons (Fsp3) is 0.0645. The largest absolute Gasteiger partial charge is 0.384 e. The predicted molar refractivity (Wildman–Crippen MR) is 147 cm³/mol. The molecule has 0 aliphatic heterocycles. The van der Waals surface area contributed by atoms with Gasteiger partial charge in [-0.1, -0.05) is 120 Å². The second-order valence-electron chi connectivity index (χ2n) is 8.43. The summed E-state index contributed by atoms with van der Waals surface area (Å²) in [5.41, 5.74) is 3.17. The van der Waals surface area contributed by atoms with Gasteiger partial charge in [-0.25, -0.2) is 4.98 Å². The first-order valence-corrected chi connectivity index (χ1v) is 12.4. The summed E-state index contributed by atoms with van der Waals surface area (Å²) in [6.07, 6.45) is 6.37. The number of aliphatic hydroxyl groups excluding tert-OH is 1. The van der Waals surface area contributed by atoms with Crippen LogP contribution in [0.25, 0.3) is 6.08 Å². The van der Waals surface area contributed by atoms with Crippen LogP contribution in [0.15, 0.2) is 128 Å². The summed E-state index contributed by atoms with van der Waals surface area (Å²) >= 11 is 12.4. The van der Waals surface area contributed by atoms with Crippen molar-refractivity contribution in [2.75, 3.05) is 0 Å². The topological polar surface area (TPSA) is 38.1 Å². The van der Waals surface area contributed by atoms with Crippen LogP contribution in [-0.4, -0.2) is 14.7 Å². The zero-order chi connectivity index (χ0) is 25.0. The van der Waals surface area contributed by atoms with Crippen molar-refractivity contribution >= 4 is 29.3 Å². The lowest BCUT2D eigenvalue weighted by Gasteiger charge is -2.38. The Balaban J connectivity index is 1.70. The molecular weight excluding hydrogens is 487 g/mol. The van der Waals surface area contributed by atoms with E-state index in [4.69, 9.17) is 23.2 Å². The van der Waals surface area contributed by atoms with Gasteiger partial charge in [0.15, 0.2) is 0 Å². The van der Waals surface area contributed by atoms with Gasteiger partial charge in [0.2, 0.25) is 0 Å². The highest BCUT2D eigenvalue weighted by atomic mass is 35.5. The maximum Gasteiger partial charge on any atom is 0.133 e. The van der Waals surface area contributed by atoms with Crippen LogP contribution in [0.4, 0.5) is 0 Å². The molecule has 178 valence electrons. The summed E-state index contributed by atoms with van der Waals surface area (Å²) in [6.45, 7) is 0. The van der Waals surface area contributed by atoms with E-state index in [0.717, 1.165) is 16.7 Å². The molecule has 0 fully saturated rings. The second-order valence-corrected chi connectivity index (χ2v) is 9.28. The third-order valence-corrected chi connectivity index (χ3v) is 6.88. The number of hydrogen-bond donors (Lipinski definition) is 1. The molecule has 0 aliphatic rings. The molecule has 5 rings (SSSR count). The van der Waals surface area contributed by atoms with Crippen LogP contribution >= 0.6 is 23.2 Å². The Hall–Kier alpha value is -3.63.